The highest BCUT2D eigenvalue weighted by atomic mass is 16.5. The minimum absolute atomic E-state index is 0.117. The second-order valence-electron chi connectivity index (χ2n) is 3.83. The molecule has 1 amide bonds. The molecule has 0 bridgehead atoms. The van der Waals surface area contributed by atoms with Gasteiger partial charge in [-0.05, 0) is 30.3 Å². The molecule has 1 aromatic carbocycles. The zero-order valence-corrected chi connectivity index (χ0v) is 10.2. The second-order valence-corrected chi connectivity index (χ2v) is 3.83. The van der Waals surface area contributed by atoms with Crippen LogP contribution in [-0.4, -0.2) is 22.5 Å². The molecule has 2 aromatic rings. The molecule has 1 heterocycles. The summed E-state index contributed by atoms with van der Waals surface area (Å²) in [6, 6.07) is 9.10. The molecule has 19 heavy (non-hydrogen) atoms. The number of rotatable bonds is 6. The Hall–Kier alpha value is -2.63. The first-order valence-electron chi connectivity index (χ1n) is 5.74. The fraction of sp³-hybridized carbons (Fsp3) is 0.154. The van der Waals surface area contributed by atoms with Crippen molar-refractivity contribution in [3.63, 3.8) is 0 Å². The van der Waals surface area contributed by atoms with Crippen molar-refractivity contribution in [2.24, 2.45) is 5.73 Å². The van der Waals surface area contributed by atoms with E-state index in [9.17, 15) is 4.79 Å². The van der Waals surface area contributed by atoms with Crippen LogP contribution in [0.1, 0.15) is 5.69 Å². The maximum absolute atomic E-state index is 10.6. The Kier molecular flexibility index (Phi) is 4.28. The van der Waals surface area contributed by atoms with Crippen LogP contribution < -0.4 is 15.8 Å². The predicted octanol–water partition coefficient (Wildman–Crippen LogP) is 0.953. The van der Waals surface area contributed by atoms with E-state index in [1.165, 1.54) is 6.33 Å². The van der Waals surface area contributed by atoms with Gasteiger partial charge >= 0.3 is 0 Å². The lowest BCUT2D eigenvalue weighted by atomic mass is 10.3. The highest BCUT2D eigenvalue weighted by Gasteiger charge is 1.98. The van der Waals surface area contributed by atoms with E-state index in [1.807, 2.05) is 18.2 Å². The fourth-order valence-electron chi connectivity index (χ4n) is 1.44. The Morgan fingerprint density at radius 1 is 1.26 bits per heavy atom. The number of amides is 1. The summed E-state index contributed by atoms with van der Waals surface area (Å²) in [7, 11) is 0. The standard InChI is InChI=1S/C13H14N4O2/c14-13(18)8-19-12-3-1-10(2-4-12)16-7-11-5-6-15-9-17-11/h1-6,9,16H,7-8H2,(H2,14,18). The molecule has 0 radical (unpaired) electrons. The molecule has 0 spiro atoms. The van der Waals surface area contributed by atoms with Crippen molar-refractivity contribution in [3.8, 4) is 5.75 Å². The maximum atomic E-state index is 10.6. The first-order chi connectivity index (χ1) is 9.24. The summed E-state index contributed by atoms with van der Waals surface area (Å²) in [5, 5.41) is 3.22. The summed E-state index contributed by atoms with van der Waals surface area (Å²) < 4.78 is 5.16. The Labute approximate surface area is 110 Å². The number of aromatic nitrogens is 2. The number of nitrogens with one attached hydrogen (secondary N) is 1. The summed E-state index contributed by atoms with van der Waals surface area (Å²) in [4.78, 5) is 18.5. The summed E-state index contributed by atoms with van der Waals surface area (Å²) >= 11 is 0. The maximum Gasteiger partial charge on any atom is 0.255 e. The quantitative estimate of drug-likeness (QED) is 0.805. The van der Waals surface area contributed by atoms with Crippen molar-refractivity contribution < 1.29 is 9.53 Å². The van der Waals surface area contributed by atoms with Gasteiger partial charge in [0.25, 0.3) is 5.91 Å². The number of carbonyl (C=O) groups is 1. The van der Waals surface area contributed by atoms with Crippen molar-refractivity contribution in [1.29, 1.82) is 0 Å². The Bertz CT molecular complexity index is 528. The predicted molar refractivity (Wildman–Crippen MR) is 70.5 cm³/mol. The normalized spacial score (nSPS) is 9.89. The van der Waals surface area contributed by atoms with Gasteiger partial charge in [-0.1, -0.05) is 0 Å². The number of benzene rings is 1. The van der Waals surface area contributed by atoms with Gasteiger partial charge in [-0.15, -0.1) is 0 Å². The van der Waals surface area contributed by atoms with Gasteiger partial charge in [0.2, 0.25) is 0 Å². The smallest absolute Gasteiger partial charge is 0.255 e. The van der Waals surface area contributed by atoms with Gasteiger partial charge in [-0.25, -0.2) is 9.97 Å². The van der Waals surface area contributed by atoms with E-state index in [2.05, 4.69) is 15.3 Å². The van der Waals surface area contributed by atoms with E-state index in [4.69, 9.17) is 10.5 Å². The number of carbonyl (C=O) groups excluding carboxylic acids is 1. The van der Waals surface area contributed by atoms with Crippen LogP contribution in [0, 0.1) is 0 Å². The molecule has 0 saturated carbocycles. The lowest BCUT2D eigenvalue weighted by Gasteiger charge is -2.07. The third-order valence-corrected chi connectivity index (χ3v) is 2.35. The van der Waals surface area contributed by atoms with Crippen LogP contribution in [0.2, 0.25) is 0 Å². The molecule has 0 aliphatic rings. The summed E-state index contributed by atoms with van der Waals surface area (Å²) in [6.07, 6.45) is 3.21. The van der Waals surface area contributed by atoms with Crippen molar-refractivity contribution in [3.05, 3.63) is 48.5 Å². The lowest BCUT2D eigenvalue weighted by Crippen LogP contribution is -2.19. The first-order valence-corrected chi connectivity index (χ1v) is 5.74. The van der Waals surface area contributed by atoms with E-state index < -0.39 is 5.91 Å². The van der Waals surface area contributed by atoms with E-state index >= 15 is 0 Å². The molecule has 0 aliphatic carbocycles. The topological polar surface area (TPSA) is 90.1 Å². The summed E-state index contributed by atoms with van der Waals surface area (Å²) in [5.41, 5.74) is 6.84. The van der Waals surface area contributed by atoms with Crippen molar-refractivity contribution >= 4 is 11.6 Å². The minimum Gasteiger partial charge on any atom is -0.484 e. The van der Waals surface area contributed by atoms with Crippen LogP contribution in [-0.2, 0) is 11.3 Å². The number of ether oxygens (including phenoxy) is 1. The monoisotopic (exact) mass is 258 g/mol. The van der Waals surface area contributed by atoms with Gasteiger partial charge in [0.05, 0.1) is 12.2 Å². The van der Waals surface area contributed by atoms with Gasteiger partial charge in [-0.2, -0.15) is 0 Å². The number of hydrogen-bond acceptors (Lipinski definition) is 5. The van der Waals surface area contributed by atoms with Gasteiger partial charge in [-0.3, -0.25) is 4.79 Å². The molecular formula is C13H14N4O2. The van der Waals surface area contributed by atoms with E-state index in [0.29, 0.717) is 12.3 Å². The molecule has 0 atom stereocenters. The molecule has 0 aliphatic heterocycles. The Morgan fingerprint density at radius 2 is 2.05 bits per heavy atom. The molecule has 6 heteroatoms. The van der Waals surface area contributed by atoms with Crippen LogP contribution >= 0.6 is 0 Å². The number of nitrogens with zero attached hydrogens (tertiary/aromatic N) is 2. The van der Waals surface area contributed by atoms with Crippen LogP contribution in [0.5, 0.6) is 5.75 Å². The molecule has 0 fully saturated rings. The number of primary amides is 1. The molecule has 6 nitrogen and oxygen atoms in total. The fourth-order valence-corrected chi connectivity index (χ4v) is 1.44. The molecule has 98 valence electrons. The van der Waals surface area contributed by atoms with Crippen molar-refractivity contribution in [2.45, 2.75) is 6.54 Å². The zero-order chi connectivity index (χ0) is 13.5. The van der Waals surface area contributed by atoms with E-state index in [1.54, 1.807) is 18.3 Å². The van der Waals surface area contributed by atoms with Gasteiger partial charge in [0, 0.05) is 11.9 Å². The Balaban J connectivity index is 1.86. The molecule has 0 saturated heterocycles. The van der Waals surface area contributed by atoms with Crippen molar-refractivity contribution in [2.75, 3.05) is 11.9 Å². The SMILES string of the molecule is NC(=O)COc1ccc(NCc2ccncn2)cc1. The third kappa shape index (κ3) is 4.27. The zero-order valence-electron chi connectivity index (χ0n) is 10.2. The number of nitrogens with two attached hydrogens (primary N) is 1. The minimum atomic E-state index is -0.494. The lowest BCUT2D eigenvalue weighted by molar-refractivity contribution is -0.119. The average Bonchev–Trinajstić information content (AvgIpc) is 2.45. The molecular weight excluding hydrogens is 244 g/mol. The van der Waals surface area contributed by atoms with E-state index in [-0.39, 0.29) is 6.61 Å². The van der Waals surface area contributed by atoms with Crippen LogP contribution in [0.3, 0.4) is 0 Å². The van der Waals surface area contributed by atoms with Gasteiger partial charge < -0.3 is 15.8 Å². The Morgan fingerprint density at radius 3 is 2.68 bits per heavy atom. The van der Waals surface area contributed by atoms with Crippen molar-refractivity contribution in [1.82, 2.24) is 9.97 Å². The molecule has 0 unspecified atom stereocenters. The van der Waals surface area contributed by atoms with Gasteiger partial charge in [0.1, 0.15) is 12.1 Å². The highest BCUT2D eigenvalue weighted by Crippen LogP contribution is 2.15. The van der Waals surface area contributed by atoms with Crippen LogP contribution in [0.25, 0.3) is 0 Å². The molecule has 3 N–H and O–H groups in total. The second kappa shape index (κ2) is 6.34. The highest BCUT2D eigenvalue weighted by molar-refractivity contribution is 5.75. The summed E-state index contributed by atoms with van der Waals surface area (Å²) in [5.74, 6) is 0.109. The number of hydrogen-bond donors (Lipinski definition) is 2. The molecule has 1 aromatic heterocycles. The van der Waals surface area contributed by atoms with Crippen LogP contribution in [0.4, 0.5) is 5.69 Å². The van der Waals surface area contributed by atoms with Crippen LogP contribution in [0.15, 0.2) is 42.9 Å². The number of anilines is 1. The molecule has 2 rings (SSSR count). The summed E-state index contributed by atoms with van der Waals surface area (Å²) in [6.45, 7) is 0.498. The first kappa shape index (κ1) is 12.8. The van der Waals surface area contributed by atoms with Gasteiger partial charge in [0.15, 0.2) is 6.61 Å². The largest absolute Gasteiger partial charge is 0.484 e. The average molecular weight is 258 g/mol. The van der Waals surface area contributed by atoms with E-state index in [0.717, 1.165) is 11.4 Å². The third-order valence-electron chi connectivity index (χ3n) is 2.35.